The summed E-state index contributed by atoms with van der Waals surface area (Å²) in [5, 5.41) is 2.86. The summed E-state index contributed by atoms with van der Waals surface area (Å²) in [7, 11) is 0. The van der Waals surface area contributed by atoms with Gasteiger partial charge in [-0.3, -0.25) is 4.79 Å². The summed E-state index contributed by atoms with van der Waals surface area (Å²) >= 11 is 0. The molecular weight excluding hydrogens is 250 g/mol. The molecule has 0 unspecified atom stereocenters. The Bertz CT molecular complexity index is 618. The standard InChI is InChI=1S/C16H17N3O/c17-15-14(2-1-9-18-15)16(20)19-10-11-3-5-12(6-4-11)13-7-8-13/h1-6,9,13H,7-8,10H2,(H2,17,18)(H,19,20). The van der Waals surface area contributed by atoms with Crippen LogP contribution in [0.1, 0.15) is 40.2 Å². The van der Waals surface area contributed by atoms with Gasteiger partial charge in [-0.2, -0.15) is 0 Å². The van der Waals surface area contributed by atoms with Gasteiger partial charge in [0.25, 0.3) is 5.91 Å². The number of nitrogens with one attached hydrogen (secondary N) is 1. The Hall–Kier alpha value is -2.36. The number of nitrogen functional groups attached to an aromatic ring is 1. The molecule has 1 saturated carbocycles. The molecule has 0 saturated heterocycles. The van der Waals surface area contributed by atoms with Crippen LogP contribution in [0, 0.1) is 0 Å². The average molecular weight is 267 g/mol. The molecule has 1 aromatic carbocycles. The van der Waals surface area contributed by atoms with E-state index in [2.05, 4.69) is 34.6 Å². The number of carbonyl (C=O) groups excluding carboxylic acids is 1. The first-order valence-electron chi connectivity index (χ1n) is 6.81. The molecule has 3 rings (SSSR count). The number of nitrogens with two attached hydrogens (primary N) is 1. The number of benzene rings is 1. The van der Waals surface area contributed by atoms with E-state index in [4.69, 9.17) is 5.73 Å². The number of aromatic nitrogens is 1. The summed E-state index contributed by atoms with van der Waals surface area (Å²) in [4.78, 5) is 15.9. The van der Waals surface area contributed by atoms with Crippen LogP contribution in [-0.4, -0.2) is 10.9 Å². The van der Waals surface area contributed by atoms with Crippen molar-refractivity contribution in [3.05, 3.63) is 59.3 Å². The van der Waals surface area contributed by atoms with Crippen molar-refractivity contribution in [1.29, 1.82) is 0 Å². The van der Waals surface area contributed by atoms with Gasteiger partial charge in [-0.05, 0) is 42.0 Å². The average Bonchev–Trinajstić information content (AvgIpc) is 3.30. The van der Waals surface area contributed by atoms with E-state index < -0.39 is 0 Å². The molecular formula is C16H17N3O. The van der Waals surface area contributed by atoms with Crippen molar-refractivity contribution in [3.63, 3.8) is 0 Å². The molecule has 0 atom stereocenters. The molecule has 3 N–H and O–H groups in total. The maximum absolute atomic E-state index is 12.0. The van der Waals surface area contributed by atoms with Crippen LogP contribution in [0.15, 0.2) is 42.6 Å². The van der Waals surface area contributed by atoms with Gasteiger partial charge in [-0.1, -0.05) is 24.3 Å². The van der Waals surface area contributed by atoms with Gasteiger partial charge < -0.3 is 11.1 Å². The third kappa shape index (κ3) is 2.79. The molecule has 1 aliphatic rings. The maximum Gasteiger partial charge on any atom is 0.255 e. The van der Waals surface area contributed by atoms with Crippen molar-refractivity contribution in [1.82, 2.24) is 10.3 Å². The normalized spacial score (nSPS) is 14.0. The molecule has 2 aromatic rings. The van der Waals surface area contributed by atoms with Crippen LogP contribution >= 0.6 is 0 Å². The van der Waals surface area contributed by atoms with Gasteiger partial charge >= 0.3 is 0 Å². The maximum atomic E-state index is 12.0. The zero-order chi connectivity index (χ0) is 13.9. The summed E-state index contributed by atoms with van der Waals surface area (Å²) in [6.45, 7) is 0.498. The van der Waals surface area contributed by atoms with E-state index in [-0.39, 0.29) is 11.7 Å². The second-order valence-corrected chi connectivity index (χ2v) is 5.13. The van der Waals surface area contributed by atoms with Crippen molar-refractivity contribution in [3.8, 4) is 0 Å². The Kier molecular flexibility index (Phi) is 3.37. The Morgan fingerprint density at radius 2 is 2.00 bits per heavy atom. The minimum Gasteiger partial charge on any atom is -0.383 e. The number of nitrogens with zero attached hydrogens (tertiary/aromatic N) is 1. The van der Waals surface area contributed by atoms with Crippen LogP contribution in [0.2, 0.25) is 0 Å². The highest BCUT2D eigenvalue weighted by atomic mass is 16.1. The minimum atomic E-state index is -0.193. The van der Waals surface area contributed by atoms with E-state index in [0.29, 0.717) is 12.1 Å². The molecule has 0 radical (unpaired) electrons. The molecule has 0 aliphatic heterocycles. The second-order valence-electron chi connectivity index (χ2n) is 5.13. The van der Waals surface area contributed by atoms with Crippen LogP contribution in [0.4, 0.5) is 5.82 Å². The SMILES string of the molecule is Nc1ncccc1C(=O)NCc1ccc(C2CC2)cc1. The van der Waals surface area contributed by atoms with Crippen molar-refractivity contribution in [2.45, 2.75) is 25.3 Å². The van der Waals surface area contributed by atoms with Gasteiger partial charge in [0.2, 0.25) is 0 Å². The molecule has 0 bridgehead atoms. The molecule has 102 valence electrons. The van der Waals surface area contributed by atoms with Gasteiger partial charge in [-0.25, -0.2) is 4.98 Å². The largest absolute Gasteiger partial charge is 0.383 e. The number of hydrogen-bond donors (Lipinski definition) is 2. The van der Waals surface area contributed by atoms with E-state index in [1.165, 1.54) is 18.4 Å². The molecule has 1 amide bonds. The first kappa shape index (κ1) is 12.7. The molecule has 0 spiro atoms. The highest BCUT2D eigenvalue weighted by molar-refractivity contribution is 5.98. The lowest BCUT2D eigenvalue weighted by Crippen LogP contribution is -2.24. The van der Waals surface area contributed by atoms with E-state index in [0.717, 1.165) is 11.5 Å². The van der Waals surface area contributed by atoms with E-state index in [1.807, 2.05) is 0 Å². The Balaban J connectivity index is 1.61. The van der Waals surface area contributed by atoms with Gasteiger partial charge in [0, 0.05) is 12.7 Å². The first-order valence-corrected chi connectivity index (χ1v) is 6.81. The fourth-order valence-electron chi connectivity index (χ4n) is 2.21. The smallest absolute Gasteiger partial charge is 0.255 e. The molecule has 1 fully saturated rings. The quantitative estimate of drug-likeness (QED) is 0.894. The molecule has 4 heteroatoms. The highest BCUT2D eigenvalue weighted by Gasteiger charge is 2.22. The predicted octanol–water partition coefficient (Wildman–Crippen LogP) is 2.47. The highest BCUT2D eigenvalue weighted by Crippen LogP contribution is 2.39. The topological polar surface area (TPSA) is 68.0 Å². The zero-order valence-electron chi connectivity index (χ0n) is 11.2. The van der Waals surface area contributed by atoms with Crippen LogP contribution in [0.3, 0.4) is 0 Å². The Morgan fingerprint density at radius 1 is 1.25 bits per heavy atom. The number of rotatable bonds is 4. The van der Waals surface area contributed by atoms with Crippen LogP contribution in [-0.2, 0) is 6.54 Å². The van der Waals surface area contributed by atoms with Crippen LogP contribution in [0.5, 0.6) is 0 Å². The Labute approximate surface area is 118 Å². The molecule has 20 heavy (non-hydrogen) atoms. The number of carbonyl (C=O) groups is 1. The number of pyridine rings is 1. The summed E-state index contributed by atoms with van der Waals surface area (Å²) in [6.07, 6.45) is 4.18. The van der Waals surface area contributed by atoms with E-state index in [9.17, 15) is 4.79 Å². The van der Waals surface area contributed by atoms with Crippen LogP contribution < -0.4 is 11.1 Å². The van der Waals surface area contributed by atoms with Crippen molar-refractivity contribution >= 4 is 11.7 Å². The molecule has 4 nitrogen and oxygen atoms in total. The van der Waals surface area contributed by atoms with Gasteiger partial charge in [0.05, 0.1) is 5.56 Å². The summed E-state index contributed by atoms with van der Waals surface area (Å²) < 4.78 is 0. The lowest BCUT2D eigenvalue weighted by Gasteiger charge is -2.07. The zero-order valence-corrected chi connectivity index (χ0v) is 11.2. The second kappa shape index (κ2) is 5.33. The van der Waals surface area contributed by atoms with Crippen molar-refractivity contribution < 1.29 is 4.79 Å². The third-order valence-corrected chi connectivity index (χ3v) is 3.56. The molecule has 1 heterocycles. The third-order valence-electron chi connectivity index (χ3n) is 3.56. The Morgan fingerprint density at radius 3 is 2.65 bits per heavy atom. The number of hydrogen-bond acceptors (Lipinski definition) is 3. The van der Waals surface area contributed by atoms with Gasteiger partial charge in [0.1, 0.15) is 5.82 Å². The van der Waals surface area contributed by atoms with Crippen LogP contribution in [0.25, 0.3) is 0 Å². The van der Waals surface area contributed by atoms with E-state index >= 15 is 0 Å². The predicted molar refractivity (Wildman–Crippen MR) is 78.2 cm³/mol. The summed E-state index contributed by atoms with van der Waals surface area (Å²) in [5.74, 6) is 0.824. The minimum absolute atomic E-state index is 0.193. The summed E-state index contributed by atoms with van der Waals surface area (Å²) in [5.41, 5.74) is 8.58. The van der Waals surface area contributed by atoms with E-state index in [1.54, 1.807) is 18.3 Å². The number of anilines is 1. The fraction of sp³-hybridized carbons (Fsp3) is 0.250. The first-order chi connectivity index (χ1) is 9.74. The monoisotopic (exact) mass is 267 g/mol. The van der Waals surface area contributed by atoms with Gasteiger partial charge in [0.15, 0.2) is 0 Å². The molecule has 1 aromatic heterocycles. The van der Waals surface area contributed by atoms with Gasteiger partial charge in [-0.15, -0.1) is 0 Å². The number of amides is 1. The van der Waals surface area contributed by atoms with Crippen molar-refractivity contribution in [2.24, 2.45) is 0 Å². The summed E-state index contributed by atoms with van der Waals surface area (Å²) in [6, 6.07) is 11.8. The molecule has 1 aliphatic carbocycles. The lowest BCUT2D eigenvalue weighted by molar-refractivity contribution is 0.0951. The van der Waals surface area contributed by atoms with Crippen molar-refractivity contribution in [2.75, 3.05) is 5.73 Å². The fourth-order valence-corrected chi connectivity index (χ4v) is 2.21. The lowest BCUT2D eigenvalue weighted by atomic mass is 10.1.